The zero-order chi connectivity index (χ0) is 23.2. The summed E-state index contributed by atoms with van der Waals surface area (Å²) in [5, 5.41) is 4.70. The van der Waals surface area contributed by atoms with Gasteiger partial charge in [0, 0.05) is 48.0 Å². The second kappa shape index (κ2) is 7.98. The highest BCUT2D eigenvalue weighted by atomic mass is 35.5. The van der Waals surface area contributed by atoms with Crippen LogP contribution in [0.1, 0.15) is 20.8 Å². The highest BCUT2D eigenvalue weighted by Crippen LogP contribution is 2.34. The molecule has 0 amide bonds. The van der Waals surface area contributed by atoms with Crippen molar-refractivity contribution in [1.82, 2.24) is 14.5 Å². The number of nitrogens with one attached hydrogen (secondary N) is 2. The minimum atomic E-state index is -0.517. The summed E-state index contributed by atoms with van der Waals surface area (Å²) in [5.41, 5.74) is 2.10. The third kappa shape index (κ3) is 3.96. The van der Waals surface area contributed by atoms with Crippen LogP contribution in [0.3, 0.4) is 0 Å². The molecule has 3 heterocycles. The van der Waals surface area contributed by atoms with Crippen LogP contribution < -0.4 is 15.8 Å². The van der Waals surface area contributed by atoms with Crippen LogP contribution in [0, 0.1) is 5.82 Å². The number of aromatic amines is 1. The number of hydrogen-bond acceptors (Lipinski definition) is 4. The normalized spacial score (nSPS) is 11.7. The molecule has 0 unspecified atom stereocenters. The molecular weight excluding hydrogens is 429 g/mol. The van der Waals surface area contributed by atoms with Crippen LogP contribution in [0.5, 0.6) is 0 Å². The van der Waals surface area contributed by atoms with Gasteiger partial charge >= 0.3 is 0 Å². The van der Waals surface area contributed by atoms with Gasteiger partial charge in [-0.3, -0.25) is 4.79 Å². The molecule has 166 valence electrons. The van der Waals surface area contributed by atoms with Crippen molar-refractivity contribution in [3.63, 3.8) is 0 Å². The van der Waals surface area contributed by atoms with E-state index in [1.807, 2.05) is 32.4 Å². The van der Waals surface area contributed by atoms with Gasteiger partial charge in [0.05, 0.1) is 16.9 Å². The van der Waals surface area contributed by atoms with Crippen molar-refractivity contribution in [3.8, 4) is 11.1 Å². The van der Waals surface area contributed by atoms with E-state index in [1.165, 1.54) is 18.2 Å². The molecule has 4 aromatic rings. The minimum absolute atomic E-state index is 0.128. The molecule has 3 aromatic heterocycles. The summed E-state index contributed by atoms with van der Waals surface area (Å²) in [4.78, 5) is 22.0. The van der Waals surface area contributed by atoms with Crippen molar-refractivity contribution in [3.05, 3.63) is 70.0 Å². The molecule has 0 saturated carbocycles. The van der Waals surface area contributed by atoms with Gasteiger partial charge in [-0.15, -0.1) is 0 Å². The second-order valence-electron chi connectivity index (χ2n) is 8.87. The quantitative estimate of drug-likeness (QED) is 0.413. The molecule has 0 aliphatic carbocycles. The van der Waals surface area contributed by atoms with E-state index in [1.54, 1.807) is 17.2 Å². The largest absolute Gasteiger partial charge is 0.362 e. The van der Waals surface area contributed by atoms with Crippen molar-refractivity contribution < 1.29 is 4.39 Å². The third-order valence-electron chi connectivity index (χ3n) is 5.27. The van der Waals surface area contributed by atoms with Crippen LogP contribution in [0.15, 0.2) is 53.6 Å². The molecule has 0 aliphatic rings. The molecule has 0 spiro atoms. The number of anilines is 3. The lowest BCUT2D eigenvalue weighted by Crippen LogP contribution is -2.21. The van der Waals surface area contributed by atoms with Gasteiger partial charge in [-0.25, -0.2) is 9.37 Å². The van der Waals surface area contributed by atoms with E-state index in [0.29, 0.717) is 16.5 Å². The topological polar surface area (TPSA) is 66.0 Å². The average Bonchev–Trinajstić information content (AvgIpc) is 3.16. The smallest absolute Gasteiger partial charge is 0.257 e. The fourth-order valence-corrected chi connectivity index (χ4v) is 3.88. The Hall–Kier alpha value is -3.32. The van der Waals surface area contributed by atoms with Gasteiger partial charge in [0.15, 0.2) is 0 Å². The van der Waals surface area contributed by atoms with Crippen LogP contribution >= 0.6 is 11.6 Å². The molecular formula is C24H25ClFN5O. The van der Waals surface area contributed by atoms with E-state index in [4.69, 9.17) is 11.6 Å². The van der Waals surface area contributed by atoms with Crippen molar-refractivity contribution in [1.29, 1.82) is 0 Å². The predicted octanol–water partition coefficient (Wildman–Crippen LogP) is 5.75. The van der Waals surface area contributed by atoms with Crippen LogP contribution in [0.25, 0.3) is 22.2 Å². The predicted molar refractivity (Wildman–Crippen MR) is 130 cm³/mol. The number of pyridine rings is 2. The number of hydrogen-bond donors (Lipinski definition) is 2. The highest BCUT2D eigenvalue weighted by Gasteiger charge is 2.19. The third-order valence-corrected chi connectivity index (χ3v) is 5.50. The molecule has 0 saturated heterocycles. The summed E-state index contributed by atoms with van der Waals surface area (Å²) in [7, 11) is 3.66. The average molecular weight is 454 g/mol. The number of rotatable bonds is 4. The number of benzene rings is 1. The number of aromatic nitrogens is 3. The molecule has 32 heavy (non-hydrogen) atoms. The summed E-state index contributed by atoms with van der Waals surface area (Å²) in [6.45, 7) is 6.35. The van der Waals surface area contributed by atoms with E-state index >= 15 is 0 Å². The van der Waals surface area contributed by atoms with E-state index in [2.05, 4.69) is 40.6 Å². The van der Waals surface area contributed by atoms with Crippen molar-refractivity contribution >= 4 is 39.8 Å². The van der Waals surface area contributed by atoms with Gasteiger partial charge in [-0.1, -0.05) is 11.6 Å². The second-order valence-corrected chi connectivity index (χ2v) is 9.31. The first-order chi connectivity index (χ1) is 15.1. The maximum absolute atomic E-state index is 14.5. The van der Waals surface area contributed by atoms with Crippen LogP contribution in [-0.4, -0.2) is 28.6 Å². The Morgan fingerprint density at radius 2 is 1.84 bits per heavy atom. The van der Waals surface area contributed by atoms with E-state index in [-0.39, 0.29) is 16.7 Å². The summed E-state index contributed by atoms with van der Waals surface area (Å²) >= 11 is 6.06. The fourth-order valence-electron chi connectivity index (χ4n) is 3.71. The molecule has 8 heteroatoms. The lowest BCUT2D eigenvalue weighted by Gasteiger charge is -2.22. The first-order valence-corrected chi connectivity index (χ1v) is 10.6. The van der Waals surface area contributed by atoms with Gasteiger partial charge < -0.3 is 19.8 Å². The highest BCUT2D eigenvalue weighted by molar-refractivity contribution is 6.30. The monoisotopic (exact) mass is 453 g/mol. The maximum Gasteiger partial charge on any atom is 0.257 e. The minimum Gasteiger partial charge on any atom is -0.362 e. The van der Waals surface area contributed by atoms with Crippen LogP contribution in [0.2, 0.25) is 5.02 Å². The molecule has 0 bridgehead atoms. The maximum atomic E-state index is 14.5. The summed E-state index contributed by atoms with van der Waals surface area (Å²) < 4.78 is 16.6. The van der Waals surface area contributed by atoms with E-state index in [9.17, 15) is 9.18 Å². The van der Waals surface area contributed by atoms with Crippen molar-refractivity contribution in [2.45, 2.75) is 26.3 Å². The Bertz CT molecular complexity index is 1370. The van der Waals surface area contributed by atoms with Crippen molar-refractivity contribution in [2.75, 3.05) is 24.3 Å². The molecule has 1 aromatic carbocycles. The lowest BCUT2D eigenvalue weighted by atomic mass is 10.1. The number of halogens is 2. The Morgan fingerprint density at radius 3 is 2.53 bits per heavy atom. The van der Waals surface area contributed by atoms with Gasteiger partial charge in [0.25, 0.3) is 5.56 Å². The van der Waals surface area contributed by atoms with Gasteiger partial charge in [0.1, 0.15) is 17.3 Å². The molecule has 0 aliphatic heterocycles. The van der Waals surface area contributed by atoms with Crippen LogP contribution in [-0.2, 0) is 5.54 Å². The number of fused-ring (bicyclic) bond motifs is 1. The Labute approximate surface area is 190 Å². The Balaban J connectivity index is 1.88. The SMILES string of the molecule is CN(C)c1[nH]c(=O)c(-c2cc(Cl)ccc2F)cc1Nc1ccnc2c1ccn2C(C)(C)C. The fraction of sp³-hybridized carbons (Fsp3) is 0.250. The van der Waals surface area contributed by atoms with E-state index in [0.717, 1.165) is 16.7 Å². The first kappa shape index (κ1) is 21.9. The molecule has 6 nitrogen and oxygen atoms in total. The zero-order valence-corrected chi connectivity index (χ0v) is 19.4. The summed E-state index contributed by atoms with van der Waals surface area (Å²) in [5.74, 6) is 0.0541. The number of H-pyrrole nitrogens is 1. The Morgan fingerprint density at radius 1 is 1.09 bits per heavy atom. The van der Waals surface area contributed by atoms with Crippen LogP contribution in [0.4, 0.5) is 21.6 Å². The van der Waals surface area contributed by atoms with Crippen molar-refractivity contribution in [2.24, 2.45) is 0 Å². The lowest BCUT2D eigenvalue weighted by molar-refractivity contribution is 0.408. The van der Waals surface area contributed by atoms with Gasteiger partial charge in [-0.2, -0.15) is 0 Å². The zero-order valence-electron chi connectivity index (χ0n) is 18.6. The number of nitrogens with zero attached hydrogens (tertiary/aromatic N) is 3. The molecule has 0 radical (unpaired) electrons. The molecule has 0 atom stereocenters. The molecule has 2 N–H and O–H groups in total. The van der Waals surface area contributed by atoms with E-state index < -0.39 is 11.4 Å². The Kier molecular flexibility index (Phi) is 5.46. The first-order valence-electron chi connectivity index (χ1n) is 10.2. The summed E-state index contributed by atoms with van der Waals surface area (Å²) in [6, 6.07) is 9.69. The van der Waals surface area contributed by atoms with Gasteiger partial charge in [0.2, 0.25) is 0 Å². The molecule has 4 rings (SSSR count). The summed E-state index contributed by atoms with van der Waals surface area (Å²) in [6.07, 6.45) is 3.75. The van der Waals surface area contributed by atoms with Gasteiger partial charge in [-0.05, 0) is 57.2 Å². The standard InChI is InChI=1S/C24H25ClFN5O/c1-24(2,3)31-11-9-15-19(8-10-27-21(15)31)28-20-13-17(23(32)29-22(20)30(4)5)16-12-14(25)6-7-18(16)26/h6-13H,1-5H3,(H,27,28)(H,29,32). The molecule has 0 fully saturated rings.